The fraction of sp³-hybridized carbons (Fsp3) is 0.273. The third-order valence-corrected chi connectivity index (χ3v) is 4.72. The molecule has 2 aromatic carbocycles. The topological polar surface area (TPSA) is 68.5 Å². The molecular formula is C22H26N4O3. The largest absolute Gasteiger partial charge is 0.491 e. The molecule has 0 saturated carbocycles. The van der Waals surface area contributed by atoms with E-state index in [4.69, 9.17) is 4.74 Å². The molecule has 0 unspecified atom stereocenters. The SMILES string of the molecule is Cc1c(NC(=O)c2ccccc2OCCN(C)C)c(=O)n(-c2ccccc2)n1C. The summed E-state index contributed by atoms with van der Waals surface area (Å²) in [4.78, 5) is 27.9. The fourth-order valence-corrected chi connectivity index (χ4v) is 3.01. The normalized spacial score (nSPS) is 10.9. The Morgan fingerprint density at radius 1 is 1.07 bits per heavy atom. The number of anilines is 1. The minimum absolute atomic E-state index is 0.254. The number of ether oxygens (including phenoxy) is 1. The minimum atomic E-state index is -0.378. The molecule has 3 rings (SSSR count). The molecule has 1 aromatic heterocycles. The van der Waals surface area contributed by atoms with E-state index in [1.165, 1.54) is 4.68 Å². The van der Waals surface area contributed by atoms with Crippen molar-refractivity contribution in [1.29, 1.82) is 0 Å². The number of carbonyl (C=O) groups is 1. The van der Waals surface area contributed by atoms with Crippen molar-refractivity contribution in [2.75, 3.05) is 32.6 Å². The second-order valence-electron chi connectivity index (χ2n) is 7.04. The second kappa shape index (κ2) is 8.79. The Balaban J connectivity index is 1.88. The average Bonchev–Trinajstić information content (AvgIpc) is 2.92. The highest BCUT2D eigenvalue weighted by atomic mass is 16.5. The molecule has 7 heteroatoms. The van der Waals surface area contributed by atoms with E-state index < -0.39 is 0 Å². The number of hydrogen-bond donors (Lipinski definition) is 1. The first-order valence-electron chi connectivity index (χ1n) is 9.42. The number of hydrogen-bond acceptors (Lipinski definition) is 4. The monoisotopic (exact) mass is 394 g/mol. The zero-order valence-corrected chi connectivity index (χ0v) is 17.2. The van der Waals surface area contributed by atoms with Crippen LogP contribution in [0.15, 0.2) is 59.4 Å². The van der Waals surface area contributed by atoms with Crippen LogP contribution in [-0.4, -0.2) is 47.4 Å². The van der Waals surface area contributed by atoms with Gasteiger partial charge in [-0.2, -0.15) is 0 Å². The molecule has 29 heavy (non-hydrogen) atoms. The summed E-state index contributed by atoms with van der Waals surface area (Å²) >= 11 is 0. The molecule has 0 spiro atoms. The van der Waals surface area contributed by atoms with Gasteiger partial charge in [0.2, 0.25) is 0 Å². The third-order valence-electron chi connectivity index (χ3n) is 4.72. The van der Waals surface area contributed by atoms with E-state index in [-0.39, 0.29) is 17.2 Å². The van der Waals surface area contributed by atoms with Crippen LogP contribution in [0.25, 0.3) is 5.69 Å². The Kier molecular flexibility index (Phi) is 6.19. The summed E-state index contributed by atoms with van der Waals surface area (Å²) in [6.45, 7) is 2.99. The Hall–Kier alpha value is -3.32. The maximum absolute atomic E-state index is 13.0. The van der Waals surface area contributed by atoms with E-state index in [2.05, 4.69) is 5.32 Å². The molecule has 0 aliphatic heterocycles. The van der Waals surface area contributed by atoms with Crippen molar-refractivity contribution in [3.05, 3.63) is 76.2 Å². The van der Waals surface area contributed by atoms with Crippen LogP contribution in [0.4, 0.5) is 5.69 Å². The Labute approximate surface area is 170 Å². The first kappa shape index (κ1) is 20.4. The summed E-state index contributed by atoms with van der Waals surface area (Å²) in [5.74, 6) is 0.111. The van der Waals surface area contributed by atoms with Crippen molar-refractivity contribution in [1.82, 2.24) is 14.3 Å². The van der Waals surface area contributed by atoms with Gasteiger partial charge in [-0.15, -0.1) is 0 Å². The maximum atomic E-state index is 13.0. The molecule has 0 atom stereocenters. The van der Waals surface area contributed by atoms with Gasteiger partial charge in [-0.05, 0) is 45.3 Å². The summed E-state index contributed by atoms with van der Waals surface area (Å²) in [6.07, 6.45) is 0. The quantitative estimate of drug-likeness (QED) is 0.669. The van der Waals surface area contributed by atoms with Crippen LogP contribution in [0, 0.1) is 6.92 Å². The lowest BCUT2D eigenvalue weighted by Crippen LogP contribution is -2.23. The summed E-state index contributed by atoms with van der Waals surface area (Å²) in [5, 5.41) is 2.78. The van der Waals surface area contributed by atoms with Crippen molar-refractivity contribution in [3.8, 4) is 11.4 Å². The van der Waals surface area contributed by atoms with Crippen LogP contribution in [0.5, 0.6) is 5.75 Å². The predicted molar refractivity (Wildman–Crippen MR) is 114 cm³/mol. The van der Waals surface area contributed by atoms with E-state index >= 15 is 0 Å². The minimum Gasteiger partial charge on any atom is -0.491 e. The van der Waals surface area contributed by atoms with Gasteiger partial charge in [0.15, 0.2) is 0 Å². The van der Waals surface area contributed by atoms with Crippen LogP contribution in [0.2, 0.25) is 0 Å². The molecule has 0 aliphatic carbocycles. The number of nitrogens with one attached hydrogen (secondary N) is 1. The van der Waals surface area contributed by atoms with E-state index in [9.17, 15) is 9.59 Å². The number of aromatic nitrogens is 2. The van der Waals surface area contributed by atoms with Gasteiger partial charge in [-0.25, -0.2) is 4.68 Å². The summed E-state index contributed by atoms with van der Waals surface area (Å²) < 4.78 is 9.04. The van der Waals surface area contributed by atoms with E-state index in [1.807, 2.05) is 55.4 Å². The highest BCUT2D eigenvalue weighted by Gasteiger charge is 2.20. The molecule has 152 valence electrons. The molecule has 1 N–H and O–H groups in total. The Morgan fingerprint density at radius 2 is 1.72 bits per heavy atom. The lowest BCUT2D eigenvalue weighted by atomic mass is 10.2. The number of nitrogens with zero attached hydrogens (tertiary/aromatic N) is 3. The molecule has 1 heterocycles. The van der Waals surface area contributed by atoms with Gasteiger partial charge < -0.3 is 15.0 Å². The third kappa shape index (κ3) is 4.41. The number of para-hydroxylation sites is 2. The van der Waals surface area contributed by atoms with E-state index in [1.54, 1.807) is 36.9 Å². The Bertz CT molecular complexity index is 1050. The molecule has 0 bridgehead atoms. The highest BCUT2D eigenvalue weighted by molar-refractivity contribution is 6.06. The number of rotatable bonds is 7. The van der Waals surface area contributed by atoms with Gasteiger partial charge in [-0.3, -0.25) is 14.3 Å². The molecule has 0 radical (unpaired) electrons. The standard InChI is InChI=1S/C22H26N4O3/c1-16-20(22(28)26(25(16)4)17-10-6-5-7-11-17)23-21(27)18-12-8-9-13-19(18)29-15-14-24(2)3/h5-13H,14-15H2,1-4H3,(H,23,27). The van der Waals surface area contributed by atoms with Crippen molar-refractivity contribution in [2.24, 2.45) is 7.05 Å². The first-order chi connectivity index (χ1) is 13.9. The van der Waals surface area contributed by atoms with Crippen molar-refractivity contribution in [3.63, 3.8) is 0 Å². The molecular weight excluding hydrogens is 368 g/mol. The number of likely N-dealkylation sites (N-methyl/N-ethyl adjacent to an activating group) is 1. The van der Waals surface area contributed by atoms with Crippen LogP contribution >= 0.6 is 0 Å². The molecule has 7 nitrogen and oxygen atoms in total. The average molecular weight is 394 g/mol. The van der Waals surface area contributed by atoms with Gasteiger partial charge in [0.05, 0.1) is 16.9 Å². The van der Waals surface area contributed by atoms with Gasteiger partial charge in [0.25, 0.3) is 11.5 Å². The van der Waals surface area contributed by atoms with Gasteiger partial charge in [0.1, 0.15) is 18.0 Å². The van der Waals surface area contributed by atoms with E-state index in [0.29, 0.717) is 23.6 Å². The Morgan fingerprint density at radius 3 is 2.41 bits per heavy atom. The number of carbonyl (C=O) groups excluding carboxylic acids is 1. The summed E-state index contributed by atoms with van der Waals surface area (Å²) in [6, 6.07) is 16.3. The highest BCUT2D eigenvalue weighted by Crippen LogP contribution is 2.21. The first-order valence-corrected chi connectivity index (χ1v) is 9.42. The fourth-order valence-electron chi connectivity index (χ4n) is 3.01. The molecule has 1 amide bonds. The zero-order chi connectivity index (χ0) is 21.0. The van der Waals surface area contributed by atoms with Gasteiger partial charge in [-0.1, -0.05) is 30.3 Å². The van der Waals surface area contributed by atoms with Crippen LogP contribution in [0.1, 0.15) is 16.1 Å². The molecule has 0 saturated heterocycles. The lowest BCUT2D eigenvalue weighted by molar-refractivity contribution is 0.102. The molecule has 0 aliphatic rings. The molecule has 0 fully saturated rings. The summed E-state index contributed by atoms with van der Waals surface area (Å²) in [7, 11) is 5.70. The molecule has 3 aromatic rings. The number of amides is 1. The van der Waals surface area contributed by atoms with Crippen molar-refractivity contribution >= 4 is 11.6 Å². The number of benzene rings is 2. The van der Waals surface area contributed by atoms with E-state index in [0.717, 1.165) is 12.2 Å². The van der Waals surface area contributed by atoms with Crippen LogP contribution in [0.3, 0.4) is 0 Å². The van der Waals surface area contributed by atoms with Crippen LogP contribution < -0.4 is 15.6 Å². The zero-order valence-electron chi connectivity index (χ0n) is 17.2. The predicted octanol–water partition coefficient (Wildman–Crippen LogP) is 2.68. The van der Waals surface area contributed by atoms with Crippen molar-refractivity contribution in [2.45, 2.75) is 6.92 Å². The van der Waals surface area contributed by atoms with Crippen molar-refractivity contribution < 1.29 is 9.53 Å². The summed E-state index contributed by atoms with van der Waals surface area (Å²) in [5.41, 5.74) is 1.76. The smallest absolute Gasteiger partial charge is 0.295 e. The van der Waals surface area contributed by atoms with Crippen LogP contribution in [-0.2, 0) is 7.05 Å². The lowest BCUT2D eigenvalue weighted by Gasteiger charge is -2.13. The van der Waals surface area contributed by atoms with Gasteiger partial charge >= 0.3 is 0 Å². The maximum Gasteiger partial charge on any atom is 0.295 e. The second-order valence-corrected chi connectivity index (χ2v) is 7.04. The van der Waals surface area contributed by atoms with Gasteiger partial charge in [0, 0.05) is 13.6 Å².